The van der Waals surface area contributed by atoms with E-state index in [9.17, 15) is 14.0 Å². The topological polar surface area (TPSA) is 68.3 Å². The molecule has 8 heteroatoms. The van der Waals surface area contributed by atoms with Crippen molar-refractivity contribution < 1.29 is 28.2 Å². The highest BCUT2D eigenvalue weighted by molar-refractivity contribution is 6.07. The Hall–Kier alpha value is -3.59. The highest BCUT2D eigenvalue weighted by Crippen LogP contribution is 2.30. The van der Waals surface area contributed by atoms with Crippen molar-refractivity contribution >= 4 is 17.4 Å². The average Bonchev–Trinajstić information content (AvgIpc) is 3.05. The molecule has 0 spiro atoms. The van der Waals surface area contributed by atoms with Crippen LogP contribution in [0.4, 0.5) is 10.1 Å². The summed E-state index contributed by atoms with van der Waals surface area (Å²) in [6.45, 7) is 3.73. The molecule has 1 unspecified atom stereocenters. The number of anilines is 1. The van der Waals surface area contributed by atoms with E-state index in [0.717, 1.165) is 57.4 Å². The lowest BCUT2D eigenvalue weighted by molar-refractivity contribution is -0.168. The molecule has 5 rings (SSSR count). The molecule has 2 saturated heterocycles. The van der Waals surface area contributed by atoms with Gasteiger partial charge >= 0.3 is 0 Å². The maximum absolute atomic E-state index is 14.0. The standard InChI is InChI=1S/C34H39FN2O5/c1-40-31-10-3-2-9-30(31)37(34(39)28-8-6-7-25(23-28)24-42-32-11-4-5-22-41-32)21-20-36-18-16-27(17-19-36)33(38)26-12-14-29(35)15-13-26/h2-3,6-10,12-15,23,27,32H,4-5,11,16-22,24H2,1H3. The summed E-state index contributed by atoms with van der Waals surface area (Å²) < 4.78 is 30.6. The largest absolute Gasteiger partial charge is 0.495 e. The zero-order valence-corrected chi connectivity index (χ0v) is 24.2. The first kappa shape index (κ1) is 29.9. The third-order valence-electron chi connectivity index (χ3n) is 8.10. The zero-order valence-electron chi connectivity index (χ0n) is 24.2. The first-order valence-corrected chi connectivity index (χ1v) is 14.8. The summed E-state index contributed by atoms with van der Waals surface area (Å²) in [4.78, 5) is 31.0. The van der Waals surface area contributed by atoms with Crippen LogP contribution in [0.2, 0.25) is 0 Å². The quantitative estimate of drug-likeness (QED) is 0.257. The average molecular weight is 575 g/mol. The SMILES string of the molecule is COc1ccccc1N(CCN1CCC(C(=O)c2ccc(F)cc2)CC1)C(=O)c1cccc(COC2CCCCO2)c1. The van der Waals surface area contributed by atoms with Gasteiger partial charge in [-0.15, -0.1) is 0 Å². The molecule has 3 aromatic carbocycles. The molecule has 2 aliphatic heterocycles. The lowest BCUT2D eigenvalue weighted by atomic mass is 9.89. The van der Waals surface area contributed by atoms with E-state index in [4.69, 9.17) is 14.2 Å². The van der Waals surface area contributed by atoms with Crippen molar-refractivity contribution in [2.75, 3.05) is 44.8 Å². The van der Waals surface area contributed by atoms with Crippen molar-refractivity contribution in [3.8, 4) is 5.75 Å². The minimum Gasteiger partial charge on any atom is -0.495 e. The smallest absolute Gasteiger partial charge is 0.258 e. The zero-order chi connectivity index (χ0) is 29.3. The molecule has 0 saturated carbocycles. The van der Waals surface area contributed by atoms with Gasteiger partial charge in [0.1, 0.15) is 11.6 Å². The monoisotopic (exact) mass is 574 g/mol. The van der Waals surface area contributed by atoms with Crippen LogP contribution in [0.3, 0.4) is 0 Å². The normalized spacial score (nSPS) is 18.0. The second-order valence-electron chi connectivity index (χ2n) is 10.9. The number of amides is 1. The van der Waals surface area contributed by atoms with E-state index in [1.54, 1.807) is 24.1 Å². The number of likely N-dealkylation sites (tertiary alicyclic amines) is 1. The first-order valence-electron chi connectivity index (χ1n) is 14.8. The highest BCUT2D eigenvalue weighted by Gasteiger charge is 2.27. The Balaban J connectivity index is 1.24. The highest BCUT2D eigenvalue weighted by atomic mass is 19.1. The third-order valence-corrected chi connectivity index (χ3v) is 8.10. The van der Waals surface area contributed by atoms with Crippen LogP contribution in [0.5, 0.6) is 5.75 Å². The lowest BCUT2D eigenvalue weighted by Crippen LogP contribution is -2.43. The molecule has 1 amide bonds. The number of para-hydroxylation sites is 2. The molecule has 3 aromatic rings. The summed E-state index contributed by atoms with van der Waals surface area (Å²) in [7, 11) is 1.61. The fourth-order valence-corrected chi connectivity index (χ4v) is 5.68. The van der Waals surface area contributed by atoms with Crippen LogP contribution < -0.4 is 9.64 Å². The predicted octanol–water partition coefficient (Wildman–Crippen LogP) is 6.12. The number of carbonyl (C=O) groups is 2. The third kappa shape index (κ3) is 7.62. The van der Waals surface area contributed by atoms with Crippen molar-refractivity contribution in [3.05, 3.63) is 95.3 Å². The van der Waals surface area contributed by atoms with Gasteiger partial charge in [-0.2, -0.15) is 0 Å². The van der Waals surface area contributed by atoms with E-state index in [2.05, 4.69) is 4.90 Å². The fraction of sp³-hybridized carbons (Fsp3) is 0.412. The van der Waals surface area contributed by atoms with Crippen molar-refractivity contribution in [1.29, 1.82) is 0 Å². The molecule has 0 aliphatic carbocycles. The number of hydrogen-bond acceptors (Lipinski definition) is 6. The molecule has 0 N–H and O–H groups in total. The summed E-state index contributed by atoms with van der Waals surface area (Å²) in [6.07, 6.45) is 4.31. The maximum atomic E-state index is 14.0. The van der Waals surface area contributed by atoms with Gasteiger partial charge in [-0.1, -0.05) is 24.3 Å². The lowest BCUT2D eigenvalue weighted by Gasteiger charge is -2.33. The molecule has 42 heavy (non-hydrogen) atoms. The van der Waals surface area contributed by atoms with Crippen molar-refractivity contribution in [2.45, 2.75) is 45.0 Å². The number of Topliss-reactive ketones (excluding diaryl/α,β-unsaturated/α-hetero) is 1. The van der Waals surface area contributed by atoms with Gasteiger partial charge in [0.15, 0.2) is 12.1 Å². The van der Waals surface area contributed by atoms with Crippen molar-refractivity contribution in [3.63, 3.8) is 0 Å². The Kier molecular flexibility index (Phi) is 10.3. The summed E-state index contributed by atoms with van der Waals surface area (Å²) in [5, 5.41) is 0. The Morgan fingerprint density at radius 2 is 1.74 bits per heavy atom. The van der Waals surface area contributed by atoms with E-state index < -0.39 is 0 Å². The van der Waals surface area contributed by atoms with E-state index in [1.165, 1.54) is 12.1 Å². The molecule has 2 fully saturated rings. The Labute approximate surface area is 247 Å². The molecule has 7 nitrogen and oxygen atoms in total. The number of nitrogens with zero attached hydrogens (tertiary/aromatic N) is 2. The summed E-state index contributed by atoms with van der Waals surface area (Å²) >= 11 is 0. The summed E-state index contributed by atoms with van der Waals surface area (Å²) in [5.41, 5.74) is 2.77. The fourth-order valence-electron chi connectivity index (χ4n) is 5.68. The number of methoxy groups -OCH3 is 1. The van der Waals surface area contributed by atoms with Crippen LogP contribution in [0.15, 0.2) is 72.8 Å². The van der Waals surface area contributed by atoms with Gasteiger partial charge in [-0.05, 0) is 99.3 Å². The number of piperidine rings is 1. The molecular formula is C34H39FN2O5. The minimum atomic E-state index is -0.343. The number of hydrogen-bond donors (Lipinski definition) is 0. The van der Waals surface area contributed by atoms with Gasteiger partial charge in [0.25, 0.3) is 5.91 Å². The van der Waals surface area contributed by atoms with Crippen LogP contribution in [-0.2, 0) is 16.1 Å². The molecule has 0 radical (unpaired) electrons. The van der Waals surface area contributed by atoms with Crippen LogP contribution in [0, 0.1) is 11.7 Å². The molecular weight excluding hydrogens is 535 g/mol. The molecule has 2 heterocycles. The van der Waals surface area contributed by atoms with Crippen LogP contribution >= 0.6 is 0 Å². The van der Waals surface area contributed by atoms with Gasteiger partial charge in [0, 0.05) is 36.7 Å². The van der Waals surface area contributed by atoms with E-state index >= 15 is 0 Å². The van der Waals surface area contributed by atoms with Gasteiger partial charge < -0.3 is 24.0 Å². The van der Waals surface area contributed by atoms with Crippen molar-refractivity contribution in [2.24, 2.45) is 5.92 Å². The van der Waals surface area contributed by atoms with E-state index in [0.29, 0.717) is 42.3 Å². The number of benzene rings is 3. The van der Waals surface area contributed by atoms with Gasteiger partial charge in [-0.3, -0.25) is 9.59 Å². The molecule has 0 bridgehead atoms. The van der Waals surface area contributed by atoms with Crippen LogP contribution in [0.25, 0.3) is 0 Å². The number of rotatable bonds is 11. The summed E-state index contributed by atoms with van der Waals surface area (Å²) in [5.74, 6) is 0.159. The van der Waals surface area contributed by atoms with Crippen LogP contribution in [0.1, 0.15) is 58.4 Å². The molecule has 222 valence electrons. The molecule has 0 aromatic heterocycles. The minimum absolute atomic E-state index is 0.0689. The van der Waals surface area contributed by atoms with Gasteiger partial charge in [-0.25, -0.2) is 4.39 Å². The second-order valence-corrected chi connectivity index (χ2v) is 10.9. The number of carbonyl (C=O) groups excluding carboxylic acids is 2. The predicted molar refractivity (Wildman–Crippen MR) is 159 cm³/mol. The van der Waals surface area contributed by atoms with E-state index in [-0.39, 0.29) is 29.7 Å². The number of ether oxygens (including phenoxy) is 3. The van der Waals surface area contributed by atoms with Gasteiger partial charge in [0.05, 0.1) is 19.4 Å². The molecule has 2 aliphatic rings. The Morgan fingerprint density at radius 3 is 2.48 bits per heavy atom. The maximum Gasteiger partial charge on any atom is 0.258 e. The number of halogens is 1. The second kappa shape index (κ2) is 14.5. The van der Waals surface area contributed by atoms with Gasteiger partial charge in [0.2, 0.25) is 0 Å². The van der Waals surface area contributed by atoms with Crippen molar-refractivity contribution in [1.82, 2.24) is 4.90 Å². The summed E-state index contributed by atoms with van der Waals surface area (Å²) in [6, 6.07) is 20.9. The Morgan fingerprint density at radius 1 is 0.952 bits per heavy atom. The Bertz CT molecular complexity index is 1330. The van der Waals surface area contributed by atoms with E-state index in [1.807, 2.05) is 48.5 Å². The first-order chi connectivity index (χ1) is 20.5. The number of ketones is 1. The van der Waals surface area contributed by atoms with Crippen LogP contribution in [-0.4, -0.2) is 62.8 Å². The molecule has 1 atom stereocenters.